The van der Waals surface area contributed by atoms with Crippen molar-refractivity contribution in [1.82, 2.24) is 4.90 Å². The van der Waals surface area contributed by atoms with E-state index in [9.17, 15) is 9.90 Å². The Bertz CT molecular complexity index is 484. The van der Waals surface area contributed by atoms with Crippen LogP contribution in [0, 0.1) is 5.41 Å². The summed E-state index contributed by atoms with van der Waals surface area (Å²) in [6.45, 7) is 4.48. The van der Waals surface area contributed by atoms with Crippen LogP contribution in [0.15, 0.2) is 24.3 Å². The number of likely N-dealkylation sites (tertiary alicyclic amines) is 1. The number of carboxylic acids is 1. The molecule has 1 saturated heterocycles. The molecule has 0 aromatic heterocycles. The summed E-state index contributed by atoms with van der Waals surface area (Å²) in [6, 6.07) is 8.50. The highest BCUT2D eigenvalue weighted by Gasteiger charge is 2.40. The Kier molecular flexibility index (Phi) is 4.88. The van der Waals surface area contributed by atoms with Gasteiger partial charge in [0.2, 0.25) is 0 Å². The molecular weight excluding hydrogens is 264 g/mol. The lowest BCUT2D eigenvalue weighted by Gasteiger charge is -2.39. The monoisotopic (exact) mass is 290 g/mol. The van der Waals surface area contributed by atoms with Crippen molar-refractivity contribution in [2.75, 3.05) is 32.1 Å². The smallest absolute Gasteiger partial charge is 0.310 e. The standard InChI is InChI=1S/C17H26N2O2/c1-4-17(16(20)21)10-5-11-19(13-17)12-14-6-8-15(9-7-14)18(2)3/h6-9H,4-5,10-13H2,1-3H3,(H,20,21). The van der Waals surface area contributed by atoms with E-state index in [4.69, 9.17) is 0 Å². The average molecular weight is 290 g/mol. The highest BCUT2D eigenvalue weighted by Crippen LogP contribution is 2.34. The summed E-state index contributed by atoms with van der Waals surface area (Å²) < 4.78 is 0. The molecule has 4 nitrogen and oxygen atoms in total. The number of carbonyl (C=O) groups is 1. The third-order valence-electron chi connectivity index (χ3n) is 4.65. The molecule has 1 fully saturated rings. The van der Waals surface area contributed by atoms with Gasteiger partial charge < -0.3 is 10.0 Å². The predicted octanol–water partition coefficient (Wildman–Crippen LogP) is 2.83. The minimum Gasteiger partial charge on any atom is -0.481 e. The Morgan fingerprint density at radius 2 is 2.00 bits per heavy atom. The summed E-state index contributed by atoms with van der Waals surface area (Å²) in [5.41, 5.74) is 1.88. The van der Waals surface area contributed by atoms with Crippen molar-refractivity contribution < 1.29 is 9.90 Å². The summed E-state index contributed by atoms with van der Waals surface area (Å²) in [5.74, 6) is -0.641. The van der Waals surface area contributed by atoms with Crippen LogP contribution in [0.2, 0.25) is 0 Å². The first-order valence-electron chi connectivity index (χ1n) is 7.69. The first-order chi connectivity index (χ1) is 9.97. The molecule has 1 aromatic carbocycles. The molecule has 0 saturated carbocycles. The SMILES string of the molecule is CCC1(C(=O)O)CCCN(Cc2ccc(N(C)C)cc2)C1. The van der Waals surface area contributed by atoms with E-state index in [1.165, 1.54) is 11.3 Å². The van der Waals surface area contributed by atoms with E-state index < -0.39 is 11.4 Å². The number of piperidine rings is 1. The molecule has 0 amide bonds. The predicted molar refractivity (Wildman–Crippen MR) is 85.6 cm³/mol. The van der Waals surface area contributed by atoms with Crippen molar-refractivity contribution in [2.45, 2.75) is 32.7 Å². The molecule has 1 heterocycles. The van der Waals surface area contributed by atoms with Crippen LogP contribution in [-0.2, 0) is 11.3 Å². The Hall–Kier alpha value is -1.55. The number of aliphatic carboxylic acids is 1. The Morgan fingerprint density at radius 3 is 2.52 bits per heavy atom. The molecule has 1 aromatic rings. The van der Waals surface area contributed by atoms with E-state index in [1.54, 1.807) is 0 Å². The number of rotatable bonds is 5. The number of nitrogens with zero attached hydrogens (tertiary/aromatic N) is 2. The van der Waals surface area contributed by atoms with Gasteiger partial charge >= 0.3 is 5.97 Å². The maximum absolute atomic E-state index is 11.6. The van der Waals surface area contributed by atoms with Crippen molar-refractivity contribution in [1.29, 1.82) is 0 Å². The van der Waals surface area contributed by atoms with E-state index in [1.807, 2.05) is 21.0 Å². The number of carboxylic acid groups (broad SMARTS) is 1. The highest BCUT2D eigenvalue weighted by molar-refractivity contribution is 5.75. The molecule has 21 heavy (non-hydrogen) atoms. The zero-order chi connectivity index (χ0) is 15.5. The second-order valence-electron chi connectivity index (χ2n) is 6.31. The molecule has 116 valence electrons. The lowest BCUT2D eigenvalue weighted by atomic mass is 9.77. The first kappa shape index (κ1) is 15.8. The van der Waals surface area contributed by atoms with Crippen LogP contribution >= 0.6 is 0 Å². The van der Waals surface area contributed by atoms with Gasteiger partial charge in [-0.3, -0.25) is 9.69 Å². The van der Waals surface area contributed by atoms with Gasteiger partial charge in [0.25, 0.3) is 0 Å². The number of benzene rings is 1. The minimum atomic E-state index is -0.641. The lowest BCUT2D eigenvalue weighted by molar-refractivity contribution is -0.153. The second-order valence-corrected chi connectivity index (χ2v) is 6.31. The number of hydrogen-bond acceptors (Lipinski definition) is 3. The van der Waals surface area contributed by atoms with Crippen LogP contribution in [0.25, 0.3) is 0 Å². The zero-order valence-electron chi connectivity index (χ0n) is 13.3. The molecule has 2 rings (SSSR count). The van der Waals surface area contributed by atoms with Crippen LogP contribution in [-0.4, -0.2) is 43.2 Å². The van der Waals surface area contributed by atoms with Gasteiger partial charge in [0.15, 0.2) is 0 Å². The molecular formula is C17H26N2O2. The van der Waals surface area contributed by atoms with Crippen molar-refractivity contribution in [2.24, 2.45) is 5.41 Å². The van der Waals surface area contributed by atoms with E-state index in [-0.39, 0.29) is 0 Å². The van der Waals surface area contributed by atoms with E-state index >= 15 is 0 Å². The molecule has 4 heteroatoms. The molecule has 0 spiro atoms. The van der Waals surface area contributed by atoms with Gasteiger partial charge in [-0.15, -0.1) is 0 Å². The molecule has 0 bridgehead atoms. The number of anilines is 1. The molecule has 0 radical (unpaired) electrons. The van der Waals surface area contributed by atoms with Crippen molar-refractivity contribution >= 4 is 11.7 Å². The van der Waals surface area contributed by atoms with Crippen molar-refractivity contribution in [3.8, 4) is 0 Å². The summed E-state index contributed by atoms with van der Waals surface area (Å²) in [4.78, 5) is 16.0. The fourth-order valence-corrected chi connectivity index (χ4v) is 3.13. The molecule has 1 unspecified atom stereocenters. The normalized spacial score (nSPS) is 23.0. The maximum Gasteiger partial charge on any atom is 0.310 e. The van der Waals surface area contributed by atoms with Crippen LogP contribution in [0.5, 0.6) is 0 Å². The second kappa shape index (κ2) is 6.48. The zero-order valence-corrected chi connectivity index (χ0v) is 13.3. The largest absolute Gasteiger partial charge is 0.481 e. The molecule has 1 aliphatic rings. The summed E-state index contributed by atoms with van der Waals surface area (Å²) in [7, 11) is 4.06. The van der Waals surface area contributed by atoms with Gasteiger partial charge in [0.1, 0.15) is 0 Å². The van der Waals surface area contributed by atoms with Gasteiger partial charge in [0, 0.05) is 32.9 Å². The topological polar surface area (TPSA) is 43.8 Å². The van der Waals surface area contributed by atoms with Gasteiger partial charge in [-0.05, 0) is 43.5 Å². The van der Waals surface area contributed by atoms with Gasteiger partial charge in [-0.2, -0.15) is 0 Å². The summed E-state index contributed by atoms with van der Waals surface area (Å²) in [5, 5.41) is 9.54. The Morgan fingerprint density at radius 1 is 1.33 bits per heavy atom. The van der Waals surface area contributed by atoms with Crippen LogP contribution < -0.4 is 4.90 Å². The number of hydrogen-bond donors (Lipinski definition) is 1. The van der Waals surface area contributed by atoms with Crippen molar-refractivity contribution in [3.05, 3.63) is 29.8 Å². The Labute approximate surface area is 127 Å². The third-order valence-corrected chi connectivity index (χ3v) is 4.65. The van der Waals surface area contributed by atoms with Gasteiger partial charge in [-0.1, -0.05) is 19.1 Å². The van der Waals surface area contributed by atoms with Crippen LogP contribution in [0.4, 0.5) is 5.69 Å². The van der Waals surface area contributed by atoms with Gasteiger partial charge in [0.05, 0.1) is 5.41 Å². The highest BCUT2D eigenvalue weighted by atomic mass is 16.4. The minimum absolute atomic E-state index is 0.554. The fraction of sp³-hybridized carbons (Fsp3) is 0.588. The van der Waals surface area contributed by atoms with Crippen LogP contribution in [0.1, 0.15) is 31.7 Å². The molecule has 1 aliphatic heterocycles. The maximum atomic E-state index is 11.6. The van der Waals surface area contributed by atoms with Crippen molar-refractivity contribution in [3.63, 3.8) is 0 Å². The van der Waals surface area contributed by atoms with Gasteiger partial charge in [-0.25, -0.2) is 0 Å². The summed E-state index contributed by atoms with van der Waals surface area (Å²) in [6.07, 6.45) is 2.48. The summed E-state index contributed by atoms with van der Waals surface area (Å²) >= 11 is 0. The Balaban J connectivity index is 2.04. The first-order valence-corrected chi connectivity index (χ1v) is 7.69. The van der Waals surface area contributed by atoms with Crippen LogP contribution in [0.3, 0.4) is 0 Å². The third kappa shape index (κ3) is 3.56. The van der Waals surface area contributed by atoms with E-state index in [2.05, 4.69) is 34.1 Å². The molecule has 0 aliphatic carbocycles. The average Bonchev–Trinajstić information content (AvgIpc) is 2.47. The van der Waals surface area contributed by atoms with E-state index in [0.717, 1.165) is 25.9 Å². The molecule has 1 atom stereocenters. The molecule has 1 N–H and O–H groups in total. The lowest BCUT2D eigenvalue weighted by Crippen LogP contribution is -2.47. The van der Waals surface area contributed by atoms with E-state index in [0.29, 0.717) is 13.0 Å². The fourth-order valence-electron chi connectivity index (χ4n) is 3.13. The quantitative estimate of drug-likeness (QED) is 0.905.